The molecule has 2 heterocycles. The summed E-state index contributed by atoms with van der Waals surface area (Å²) >= 11 is 0. The van der Waals surface area contributed by atoms with E-state index in [0.717, 1.165) is 29.9 Å². The molecule has 2 amide bonds. The second kappa shape index (κ2) is 7.97. The molecule has 6 heteroatoms. The predicted molar refractivity (Wildman–Crippen MR) is 96.5 cm³/mol. The molecule has 2 atom stereocenters. The van der Waals surface area contributed by atoms with Gasteiger partial charge in [0.25, 0.3) is 0 Å². The first-order valence-corrected chi connectivity index (χ1v) is 9.00. The Morgan fingerprint density at radius 1 is 1.08 bits per heavy atom. The van der Waals surface area contributed by atoms with Gasteiger partial charge in [-0.3, -0.25) is 14.5 Å². The zero-order valence-electron chi connectivity index (χ0n) is 15.0. The Hall–Kier alpha value is -1.92. The lowest BCUT2D eigenvalue weighted by Crippen LogP contribution is -2.50. The largest absolute Gasteiger partial charge is 0.378 e. The van der Waals surface area contributed by atoms with E-state index in [2.05, 4.69) is 15.5 Å². The van der Waals surface area contributed by atoms with Gasteiger partial charge in [0.15, 0.2) is 0 Å². The average molecular weight is 345 g/mol. The first-order valence-electron chi connectivity index (χ1n) is 9.00. The summed E-state index contributed by atoms with van der Waals surface area (Å²) in [6.07, 6.45) is 2.24. The molecule has 0 unspecified atom stereocenters. The molecule has 0 spiro atoms. The molecule has 2 saturated heterocycles. The molecule has 1 aromatic carbocycles. The molecule has 2 N–H and O–H groups in total. The number of benzene rings is 1. The number of carbonyl (C=O) groups excluding carboxylic acids is 2. The standard InChI is InChI=1S/C19H27N3O3/c1-13-7-14(2)9-15(8-13)20-18(23)10-19(24)21-16-11-25-12-17(16)22-5-3-4-6-22/h7-9,16-17H,3-6,10-12H2,1-2H3,(H,20,23)(H,21,24)/t16-,17-/m1/s1. The first-order chi connectivity index (χ1) is 12.0. The van der Waals surface area contributed by atoms with Gasteiger partial charge in [-0.05, 0) is 63.0 Å². The van der Waals surface area contributed by atoms with Gasteiger partial charge in [-0.1, -0.05) is 6.07 Å². The Morgan fingerprint density at radius 2 is 1.76 bits per heavy atom. The fraction of sp³-hybridized carbons (Fsp3) is 0.579. The van der Waals surface area contributed by atoms with Crippen molar-refractivity contribution in [2.24, 2.45) is 0 Å². The summed E-state index contributed by atoms with van der Waals surface area (Å²) in [5, 5.41) is 5.78. The number of nitrogens with one attached hydrogen (secondary N) is 2. The van der Waals surface area contributed by atoms with Crippen molar-refractivity contribution in [1.82, 2.24) is 10.2 Å². The fourth-order valence-corrected chi connectivity index (χ4v) is 3.77. The van der Waals surface area contributed by atoms with Crippen LogP contribution in [0.2, 0.25) is 0 Å². The second-order valence-electron chi connectivity index (χ2n) is 7.12. The van der Waals surface area contributed by atoms with Crippen LogP contribution in [0, 0.1) is 13.8 Å². The molecule has 2 aliphatic rings. The highest BCUT2D eigenvalue weighted by Crippen LogP contribution is 2.19. The van der Waals surface area contributed by atoms with E-state index in [0.29, 0.717) is 13.2 Å². The number of anilines is 1. The molecule has 2 fully saturated rings. The molecule has 136 valence electrons. The molecule has 6 nitrogen and oxygen atoms in total. The van der Waals surface area contributed by atoms with Gasteiger partial charge < -0.3 is 15.4 Å². The number of amides is 2. The minimum atomic E-state index is -0.292. The van der Waals surface area contributed by atoms with Crippen molar-refractivity contribution in [3.05, 3.63) is 29.3 Å². The van der Waals surface area contributed by atoms with E-state index in [1.54, 1.807) is 0 Å². The Morgan fingerprint density at radius 3 is 2.44 bits per heavy atom. The Kier molecular flexibility index (Phi) is 5.71. The minimum Gasteiger partial charge on any atom is -0.378 e. The van der Waals surface area contributed by atoms with Crippen molar-refractivity contribution in [2.45, 2.75) is 45.2 Å². The Bertz CT molecular complexity index is 621. The molecule has 3 rings (SSSR count). The number of likely N-dealkylation sites (tertiary alicyclic amines) is 1. The van der Waals surface area contributed by atoms with Crippen molar-refractivity contribution < 1.29 is 14.3 Å². The summed E-state index contributed by atoms with van der Waals surface area (Å²) in [6.45, 7) is 7.26. The molecule has 25 heavy (non-hydrogen) atoms. The van der Waals surface area contributed by atoms with Crippen LogP contribution in [0.3, 0.4) is 0 Å². The van der Waals surface area contributed by atoms with E-state index >= 15 is 0 Å². The molecule has 0 bridgehead atoms. The quantitative estimate of drug-likeness (QED) is 0.796. The van der Waals surface area contributed by atoms with Crippen LogP contribution in [0.5, 0.6) is 0 Å². The van der Waals surface area contributed by atoms with E-state index in [-0.39, 0.29) is 30.3 Å². The van der Waals surface area contributed by atoms with Crippen LogP contribution in [0.4, 0.5) is 5.69 Å². The second-order valence-corrected chi connectivity index (χ2v) is 7.12. The number of hydrogen-bond donors (Lipinski definition) is 2. The molecule has 0 saturated carbocycles. The number of carbonyl (C=O) groups is 2. The average Bonchev–Trinajstić information content (AvgIpc) is 3.16. The minimum absolute atomic E-state index is 0.0281. The van der Waals surface area contributed by atoms with Gasteiger partial charge in [-0.15, -0.1) is 0 Å². The maximum Gasteiger partial charge on any atom is 0.233 e. The highest BCUT2D eigenvalue weighted by Gasteiger charge is 2.35. The predicted octanol–water partition coefficient (Wildman–Crippen LogP) is 1.61. The summed E-state index contributed by atoms with van der Waals surface area (Å²) in [5.41, 5.74) is 2.89. The zero-order chi connectivity index (χ0) is 17.8. The number of ether oxygens (including phenoxy) is 1. The number of nitrogens with zero attached hydrogens (tertiary/aromatic N) is 1. The molecule has 1 aromatic rings. The molecule has 0 aromatic heterocycles. The third-order valence-electron chi connectivity index (χ3n) is 4.83. The van der Waals surface area contributed by atoms with Crippen molar-refractivity contribution >= 4 is 17.5 Å². The van der Waals surface area contributed by atoms with E-state index in [1.165, 1.54) is 12.8 Å². The van der Waals surface area contributed by atoms with Crippen LogP contribution in [0.1, 0.15) is 30.4 Å². The zero-order valence-corrected chi connectivity index (χ0v) is 15.0. The Labute approximate surface area is 148 Å². The van der Waals surface area contributed by atoms with Crippen LogP contribution in [0.15, 0.2) is 18.2 Å². The van der Waals surface area contributed by atoms with Crippen molar-refractivity contribution in [3.8, 4) is 0 Å². The lowest BCUT2D eigenvalue weighted by Gasteiger charge is -2.27. The van der Waals surface area contributed by atoms with Crippen molar-refractivity contribution in [3.63, 3.8) is 0 Å². The van der Waals surface area contributed by atoms with Gasteiger partial charge in [-0.2, -0.15) is 0 Å². The SMILES string of the molecule is Cc1cc(C)cc(NC(=O)CC(=O)N[C@@H]2COC[C@H]2N2CCCC2)c1. The lowest BCUT2D eigenvalue weighted by atomic mass is 10.1. The molecule has 0 aliphatic carbocycles. The third-order valence-corrected chi connectivity index (χ3v) is 4.83. The maximum absolute atomic E-state index is 12.2. The normalized spacial score (nSPS) is 23.6. The van der Waals surface area contributed by atoms with Crippen molar-refractivity contribution in [2.75, 3.05) is 31.6 Å². The summed E-state index contributed by atoms with van der Waals surface area (Å²) in [5.74, 6) is -0.541. The van der Waals surface area contributed by atoms with Crippen LogP contribution >= 0.6 is 0 Å². The van der Waals surface area contributed by atoms with Gasteiger partial charge in [0, 0.05) is 5.69 Å². The van der Waals surface area contributed by atoms with Crippen LogP contribution in [-0.2, 0) is 14.3 Å². The van der Waals surface area contributed by atoms with Gasteiger partial charge >= 0.3 is 0 Å². The van der Waals surface area contributed by atoms with Crippen LogP contribution in [-0.4, -0.2) is 55.1 Å². The topological polar surface area (TPSA) is 70.7 Å². The summed E-state index contributed by atoms with van der Waals surface area (Å²) in [4.78, 5) is 26.8. The van der Waals surface area contributed by atoms with E-state index in [1.807, 2.05) is 32.0 Å². The smallest absolute Gasteiger partial charge is 0.233 e. The van der Waals surface area contributed by atoms with Crippen molar-refractivity contribution in [1.29, 1.82) is 0 Å². The molecular formula is C19H27N3O3. The first kappa shape index (κ1) is 17.9. The fourth-order valence-electron chi connectivity index (χ4n) is 3.77. The van der Waals surface area contributed by atoms with E-state index < -0.39 is 0 Å². The summed E-state index contributed by atoms with van der Waals surface area (Å²) in [7, 11) is 0. The van der Waals surface area contributed by atoms with Gasteiger partial charge in [-0.25, -0.2) is 0 Å². The highest BCUT2D eigenvalue weighted by atomic mass is 16.5. The highest BCUT2D eigenvalue weighted by molar-refractivity contribution is 6.03. The molecule has 0 radical (unpaired) electrons. The van der Waals surface area contributed by atoms with E-state index in [4.69, 9.17) is 4.74 Å². The van der Waals surface area contributed by atoms with Crippen LogP contribution < -0.4 is 10.6 Å². The third kappa shape index (κ3) is 4.80. The van der Waals surface area contributed by atoms with Crippen LogP contribution in [0.25, 0.3) is 0 Å². The van der Waals surface area contributed by atoms with Gasteiger partial charge in [0.05, 0.1) is 25.3 Å². The Balaban J connectivity index is 1.50. The maximum atomic E-state index is 12.2. The number of hydrogen-bond acceptors (Lipinski definition) is 4. The van der Waals surface area contributed by atoms with E-state index in [9.17, 15) is 9.59 Å². The van der Waals surface area contributed by atoms with Gasteiger partial charge in [0.1, 0.15) is 6.42 Å². The summed E-state index contributed by atoms with van der Waals surface area (Å²) in [6, 6.07) is 6.04. The monoisotopic (exact) mass is 345 g/mol. The lowest BCUT2D eigenvalue weighted by molar-refractivity contribution is -0.127. The number of aryl methyl sites for hydroxylation is 2. The molecular weight excluding hydrogens is 318 g/mol. The molecule has 2 aliphatic heterocycles. The van der Waals surface area contributed by atoms with Gasteiger partial charge in [0.2, 0.25) is 11.8 Å². The number of rotatable bonds is 5. The summed E-state index contributed by atoms with van der Waals surface area (Å²) < 4.78 is 5.55.